The van der Waals surface area contributed by atoms with Crippen LogP contribution in [0.4, 0.5) is 0 Å². The van der Waals surface area contributed by atoms with Crippen LogP contribution < -0.4 is 0 Å². The maximum Gasteiger partial charge on any atom is -0.00169 e. The van der Waals surface area contributed by atoms with Gasteiger partial charge in [-0.15, -0.1) is 0 Å². The molecule has 0 radical (unpaired) electrons. The molecule has 8 aromatic carbocycles. The summed E-state index contributed by atoms with van der Waals surface area (Å²) in [5, 5.41) is 7.65. The molecule has 1 aliphatic rings. The van der Waals surface area contributed by atoms with Gasteiger partial charge in [-0.25, -0.2) is 0 Å². The number of benzene rings is 8. The average molecular weight is 611 g/mol. The second kappa shape index (κ2) is 11.7. The number of allylic oxidation sites excluding steroid dienone is 3. The molecule has 0 aromatic heterocycles. The van der Waals surface area contributed by atoms with Crippen molar-refractivity contribution >= 4 is 44.0 Å². The van der Waals surface area contributed by atoms with Crippen molar-refractivity contribution in [3.63, 3.8) is 0 Å². The molecule has 226 valence electrons. The molecular formula is C48H34. The van der Waals surface area contributed by atoms with Crippen LogP contribution in [-0.4, -0.2) is 0 Å². The molecule has 8 aromatic rings. The zero-order valence-corrected chi connectivity index (χ0v) is 27.0. The molecule has 0 nitrogen and oxygen atoms in total. The highest BCUT2D eigenvalue weighted by Gasteiger charge is 2.21. The van der Waals surface area contributed by atoms with E-state index in [1.54, 1.807) is 0 Å². The number of fused-ring (bicyclic) bond motifs is 4. The standard InChI is InChI=1S/C48H34/c1-32-35(21-20-33-12-4-2-5-13-33)28-39-25-27-41(31-46(32)39)48-44-18-10-8-16-42(44)47(43-17-9-11-19-45(43)48)40-26-24-37-29-36(22-23-38(37)30-40)34-14-6-3-7-15-34/h2-27,29-31H,28H2,1H3/b21-20-. The SMILES string of the molecule is CC1=C(/C=C\c2ccccc2)Cc2ccc(-c3c4ccccc4c(-c4ccc5cc(-c6ccccc6)ccc5c4)c4ccccc34)cc21. The highest BCUT2D eigenvalue weighted by atomic mass is 14.2. The Morgan fingerprint density at radius 2 is 0.917 bits per heavy atom. The summed E-state index contributed by atoms with van der Waals surface area (Å²) in [6.07, 6.45) is 5.51. The zero-order chi connectivity index (χ0) is 32.0. The van der Waals surface area contributed by atoms with Crippen molar-refractivity contribution in [3.8, 4) is 33.4 Å². The highest BCUT2D eigenvalue weighted by molar-refractivity contribution is 6.21. The molecule has 9 rings (SSSR count). The smallest absolute Gasteiger partial charge is 0.00169 e. The van der Waals surface area contributed by atoms with E-state index in [0.29, 0.717) is 0 Å². The van der Waals surface area contributed by atoms with E-state index in [2.05, 4.69) is 183 Å². The quantitative estimate of drug-likeness (QED) is 0.170. The Morgan fingerprint density at radius 3 is 1.54 bits per heavy atom. The molecule has 0 N–H and O–H groups in total. The average Bonchev–Trinajstić information content (AvgIpc) is 3.47. The largest absolute Gasteiger partial charge is 0.0622 e. The van der Waals surface area contributed by atoms with E-state index in [1.807, 2.05) is 0 Å². The lowest BCUT2D eigenvalue weighted by Gasteiger charge is -2.18. The third kappa shape index (κ3) is 4.86. The number of rotatable bonds is 5. The minimum absolute atomic E-state index is 0.972. The van der Waals surface area contributed by atoms with Crippen LogP contribution in [-0.2, 0) is 6.42 Å². The van der Waals surface area contributed by atoms with Crippen molar-refractivity contribution in [2.24, 2.45) is 0 Å². The van der Waals surface area contributed by atoms with E-state index in [-0.39, 0.29) is 0 Å². The second-order valence-electron chi connectivity index (χ2n) is 12.9. The van der Waals surface area contributed by atoms with Gasteiger partial charge >= 0.3 is 0 Å². The Balaban J connectivity index is 1.18. The van der Waals surface area contributed by atoms with E-state index in [4.69, 9.17) is 0 Å². The van der Waals surface area contributed by atoms with Gasteiger partial charge in [-0.2, -0.15) is 0 Å². The van der Waals surface area contributed by atoms with Gasteiger partial charge in [-0.1, -0.05) is 158 Å². The van der Waals surface area contributed by atoms with E-state index in [9.17, 15) is 0 Å². The third-order valence-electron chi connectivity index (χ3n) is 10.1. The van der Waals surface area contributed by atoms with Gasteiger partial charge in [0, 0.05) is 0 Å². The van der Waals surface area contributed by atoms with Crippen molar-refractivity contribution in [2.45, 2.75) is 13.3 Å². The molecule has 0 unspecified atom stereocenters. The van der Waals surface area contributed by atoms with E-state index < -0.39 is 0 Å². The van der Waals surface area contributed by atoms with Crippen molar-refractivity contribution in [2.75, 3.05) is 0 Å². The van der Waals surface area contributed by atoms with Crippen LogP contribution in [0.5, 0.6) is 0 Å². The Bertz CT molecular complexity index is 2510. The van der Waals surface area contributed by atoms with Crippen LogP contribution in [0.25, 0.3) is 77.3 Å². The summed E-state index contributed by atoms with van der Waals surface area (Å²) >= 11 is 0. The monoisotopic (exact) mass is 610 g/mol. The first-order chi connectivity index (χ1) is 23.7. The highest BCUT2D eigenvalue weighted by Crippen LogP contribution is 2.45. The second-order valence-corrected chi connectivity index (χ2v) is 12.9. The van der Waals surface area contributed by atoms with E-state index in [0.717, 1.165) is 6.42 Å². The van der Waals surface area contributed by atoms with Gasteiger partial charge < -0.3 is 0 Å². The fourth-order valence-electron chi connectivity index (χ4n) is 7.65. The molecule has 0 saturated heterocycles. The first-order valence-corrected chi connectivity index (χ1v) is 16.8. The molecule has 0 aliphatic heterocycles. The normalized spacial score (nSPS) is 12.9. The summed E-state index contributed by atoms with van der Waals surface area (Å²) in [4.78, 5) is 0. The van der Waals surface area contributed by atoms with Gasteiger partial charge in [-0.3, -0.25) is 0 Å². The maximum absolute atomic E-state index is 2.43. The molecule has 0 spiro atoms. The predicted molar refractivity (Wildman–Crippen MR) is 207 cm³/mol. The van der Waals surface area contributed by atoms with Crippen molar-refractivity contribution in [3.05, 3.63) is 192 Å². The Labute approximate surface area is 282 Å². The van der Waals surface area contributed by atoms with Gasteiger partial charge in [0.2, 0.25) is 0 Å². The van der Waals surface area contributed by atoms with E-state index >= 15 is 0 Å². The lowest BCUT2D eigenvalue weighted by Crippen LogP contribution is -1.92. The summed E-state index contributed by atoms with van der Waals surface area (Å²) in [6.45, 7) is 2.28. The summed E-state index contributed by atoms with van der Waals surface area (Å²) < 4.78 is 0. The number of hydrogen-bond acceptors (Lipinski definition) is 0. The Kier molecular flexibility index (Phi) is 6.87. The van der Waals surface area contributed by atoms with Gasteiger partial charge in [0.1, 0.15) is 0 Å². The minimum Gasteiger partial charge on any atom is -0.0622 e. The lowest BCUT2D eigenvalue weighted by molar-refractivity contribution is 1.25. The van der Waals surface area contributed by atoms with Crippen LogP contribution >= 0.6 is 0 Å². The molecule has 0 fully saturated rings. The summed E-state index contributed by atoms with van der Waals surface area (Å²) in [6, 6.07) is 60.0. The first kappa shape index (κ1) is 28.3. The van der Waals surface area contributed by atoms with Crippen molar-refractivity contribution < 1.29 is 0 Å². The topological polar surface area (TPSA) is 0 Å². The Hall–Kier alpha value is -5.98. The van der Waals surface area contributed by atoms with Crippen molar-refractivity contribution in [1.29, 1.82) is 0 Å². The Morgan fingerprint density at radius 1 is 0.417 bits per heavy atom. The molecule has 48 heavy (non-hydrogen) atoms. The molecular weight excluding hydrogens is 577 g/mol. The molecule has 0 heteroatoms. The van der Waals surface area contributed by atoms with Crippen LogP contribution in [0, 0.1) is 0 Å². The summed E-state index contributed by atoms with van der Waals surface area (Å²) in [5.41, 5.74) is 14.4. The van der Waals surface area contributed by atoms with Gasteiger partial charge in [0.25, 0.3) is 0 Å². The summed E-state index contributed by atoms with van der Waals surface area (Å²) in [7, 11) is 0. The van der Waals surface area contributed by atoms with Gasteiger partial charge in [0.15, 0.2) is 0 Å². The van der Waals surface area contributed by atoms with E-state index in [1.165, 1.54) is 93.5 Å². The fourth-order valence-corrected chi connectivity index (χ4v) is 7.65. The predicted octanol–water partition coefficient (Wildman–Crippen LogP) is 13.2. The van der Waals surface area contributed by atoms with Crippen LogP contribution in [0.2, 0.25) is 0 Å². The maximum atomic E-state index is 2.43. The molecule has 0 atom stereocenters. The van der Waals surface area contributed by atoms with Gasteiger partial charge in [-0.05, 0) is 125 Å². The van der Waals surface area contributed by atoms with Crippen molar-refractivity contribution in [1.82, 2.24) is 0 Å². The molecule has 1 aliphatic carbocycles. The summed E-state index contributed by atoms with van der Waals surface area (Å²) in [5.74, 6) is 0. The van der Waals surface area contributed by atoms with Crippen LogP contribution in [0.3, 0.4) is 0 Å². The zero-order valence-electron chi connectivity index (χ0n) is 27.0. The lowest BCUT2D eigenvalue weighted by atomic mass is 9.85. The molecule has 0 heterocycles. The molecule has 0 bridgehead atoms. The fraction of sp³-hybridized carbons (Fsp3) is 0.0417. The molecule has 0 amide bonds. The van der Waals surface area contributed by atoms with Crippen LogP contribution in [0.15, 0.2) is 175 Å². The molecule has 0 saturated carbocycles. The first-order valence-electron chi connectivity index (χ1n) is 16.8. The van der Waals surface area contributed by atoms with Gasteiger partial charge in [0.05, 0.1) is 0 Å². The minimum atomic E-state index is 0.972. The van der Waals surface area contributed by atoms with Crippen LogP contribution in [0.1, 0.15) is 23.6 Å². The number of hydrogen-bond donors (Lipinski definition) is 0. The third-order valence-corrected chi connectivity index (χ3v) is 10.1.